The molecule has 1 aliphatic carbocycles. The fourth-order valence-corrected chi connectivity index (χ4v) is 3.63. The van der Waals surface area contributed by atoms with Crippen molar-refractivity contribution < 1.29 is 0 Å². The number of nitrogens with zero attached hydrogens (tertiary/aromatic N) is 1. The minimum Gasteiger partial charge on any atom is -0.363 e. The van der Waals surface area contributed by atoms with Crippen LogP contribution in [0.2, 0.25) is 0 Å². The highest BCUT2D eigenvalue weighted by Gasteiger charge is 2.29. The van der Waals surface area contributed by atoms with E-state index in [1.807, 2.05) is 0 Å². The number of rotatable bonds is 4. The van der Waals surface area contributed by atoms with Gasteiger partial charge in [-0.25, -0.2) is 0 Å². The lowest BCUT2D eigenvalue weighted by Crippen LogP contribution is -2.43. The second kappa shape index (κ2) is 7.00. The zero-order valence-corrected chi connectivity index (χ0v) is 13.0. The van der Waals surface area contributed by atoms with E-state index in [-0.39, 0.29) is 5.38 Å². The highest BCUT2D eigenvalue weighted by atomic mass is 35.5. The predicted molar refractivity (Wildman–Crippen MR) is 91.0 cm³/mol. The Balaban J connectivity index is 1.87. The molecule has 0 radical (unpaired) electrons. The molecule has 2 aromatic carbocycles. The Morgan fingerprint density at radius 3 is 2.14 bits per heavy atom. The SMILES string of the molecule is Cl[C@H]1CCCC[C@@H]1N(Cc1ccccc1)c1ccccc1. The van der Waals surface area contributed by atoms with Crippen LogP contribution >= 0.6 is 11.6 Å². The lowest BCUT2D eigenvalue weighted by Gasteiger charge is -2.39. The number of anilines is 1. The van der Waals surface area contributed by atoms with E-state index in [1.54, 1.807) is 0 Å². The van der Waals surface area contributed by atoms with E-state index in [9.17, 15) is 0 Å². The third-order valence-corrected chi connectivity index (χ3v) is 4.84. The normalized spacial score (nSPS) is 22.0. The molecule has 0 saturated heterocycles. The van der Waals surface area contributed by atoms with E-state index >= 15 is 0 Å². The van der Waals surface area contributed by atoms with Crippen LogP contribution < -0.4 is 4.90 Å². The van der Waals surface area contributed by atoms with Crippen molar-refractivity contribution in [1.29, 1.82) is 0 Å². The summed E-state index contributed by atoms with van der Waals surface area (Å²) in [4.78, 5) is 2.49. The molecule has 2 aromatic rings. The Labute approximate surface area is 132 Å². The summed E-state index contributed by atoms with van der Waals surface area (Å²) in [5, 5.41) is 0.252. The van der Waals surface area contributed by atoms with Crippen LogP contribution in [0.1, 0.15) is 31.2 Å². The first-order chi connectivity index (χ1) is 10.3. The smallest absolute Gasteiger partial charge is 0.0539 e. The van der Waals surface area contributed by atoms with Gasteiger partial charge in [0.15, 0.2) is 0 Å². The van der Waals surface area contributed by atoms with Gasteiger partial charge in [-0.1, -0.05) is 61.4 Å². The number of hydrogen-bond donors (Lipinski definition) is 0. The Bertz CT molecular complexity index is 540. The summed E-state index contributed by atoms with van der Waals surface area (Å²) in [6, 6.07) is 21.8. The molecule has 1 saturated carbocycles. The first-order valence-corrected chi connectivity index (χ1v) is 8.28. The number of benzene rings is 2. The molecule has 0 bridgehead atoms. The average Bonchev–Trinajstić information content (AvgIpc) is 2.55. The van der Waals surface area contributed by atoms with Crippen LogP contribution in [0.4, 0.5) is 5.69 Å². The standard InChI is InChI=1S/C19H22ClN/c20-18-13-7-8-14-19(18)21(17-11-5-2-6-12-17)15-16-9-3-1-4-10-16/h1-6,9-12,18-19H,7-8,13-15H2/t18-,19-/m0/s1. The lowest BCUT2D eigenvalue weighted by molar-refractivity contribution is 0.419. The molecule has 1 aliphatic rings. The molecule has 2 atom stereocenters. The first-order valence-electron chi connectivity index (χ1n) is 7.84. The van der Waals surface area contributed by atoms with Crippen molar-refractivity contribution in [2.24, 2.45) is 0 Å². The van der Waals surface area contributed by atoms with Crippen molar-refractivity contribution in [2.45, 2.75) is 43.6 Å². The maximum Gasteiger partial charge on any atom is 0.0539 e. The summed E-state index contributed by atoms with van der Waals surface area (Å²) in [5.74, 6) is 0. The highest BCUT2D eigenvalue weighted by Crippen LogP contribution is 2.31. The van der Waals surface area contributed by atoms with E-state index < -0.39 is 0 Å². The van der Waals surface area contributed by atoms with Gasteiger partial charge in [0.25, 0.3) is 0 Å². The van der Waals surface area contributed by atoms with E-state index in [0.717, 1.165) is 13.0 Å². The Hall–Kier alpha value is -1.47. The van der Waals surface area contributed by atoms with Gasteiger partial charge in [-0.2, -0.15) is 0 Å². The summed E-state index contributed by atoms with van der Waals surface area (Å²) in [7, 11) is 0. The van der Waals surface area contributed by atoms with Crippen molar-refractivity contribution in [3.8, 4) is 0 Å². The minimum atomic E-state index is 0.252. The third-order valence-electron chi connectivity index (χ3n) is 4.33. The van der Waals surface area contributed by atoms with Crippen LogP contribution in [0.25, 0.3) is 0 Å². The Morgan fingerprint density at radius 1 is 0.857 bits per heavy atom. The van der Waals surface area contributed by atoms with Gasteiger partial charge in [-0.05, 0) is 30.5 Å². The predicted octanol–water partition coefficient (Wildman–Crippen LogP) is 5.24. The van der Waals surface area contributed by atoms with Gasteiger partial charge < -0.3 is 4.90 Å². The molecule has 0 N–H and O–H groups in total. The molecule has 21 heavy (non-hydrogen) atoms. The maximum absolute atomic E-state index is 6.65. The lowest BCUT2D eigenvalue weighted by atomic mass is 9.92. The van der Waals surface area contributed by atoms with Crippen molar-refractivity contribution >= 4 is 17.3 Å². The van der Waals surface area contributed by atoms with E-state index in [1.165, 1.54) is 30.5 Å². The Kier molecular flexibility index (Phi) is 4.82. The number of para-hydroxylation sites is 1. The van der Waals surface area contributed by atoms with Crippen LogP contribution in [0.5, 0.6) is 0 Å². The van der Waals surface area contributed by atoms with Crippen molar-refractivity contribution in [2.75, 3.05) is 4.90 Å². The first kappa shape index (κ1) is 14.5. The van der Waals surface area contributed by atoms with Crippen LogP contribution in [0.3, 0.4) is 0 Å². The number of hydrogen-bond acceptors (Lipinski definition) is 1. The van der Waals surface area contributed by atoms with E-state index in [2.05, 4.69) is 65.6 Å². The molecule has 110 valence electrons. The largest absolute Gasteiger partial charge is 0.363 e. The quantitative estimate of drug-likeness (QED) is 0.698. The van der Waals surface area contributed by atoms with Crippen LogP contribution in [-0.4, -0.2) is 11.4 Å². The van der Waals surface area contributed by atoms with Crippen molar-refractivity contribution in [1.82, 2.24) is 0 Å². The van der Waals surface area contributed by atoms with Gasteiger partial charge in [-0.3, -0.25) is 0 Å². The second-order valence-electron chi connectivity index (χ2n) is 5.82. The average molecular weight is 300 g/mol. The molecule has 0 spiro atoms. The van der Waals surface area contributed by atoms with Crippen LogP contribution in [0.15, 0.2) is 60.7 Å². The highest BCUT2D eigenvalue weighted by molar-refractivity contribution is 6.21. The summed E-state index contributed by atoms with van der Waals surface area (Å²) < 4.78 is 0. The van der Waals surface area contributed by atoms with Gasteiger partial charge in [-0.15, -0.1) is 11.6 Å². The molecule has 0 unspecified atom stereocenters. The monoisotopic (exact) mass is 299 g/mol. The number of halogens is 1. The van der Waals surface area contributed by atoms with E-state index in [0.29, 0.717) is 6.04 Å². The molecule has 1 fully saturated rings. The zero-order valence-electron chi connectivity index (χ0n) is 12.3. The van der Waals surface area contributed by atoms with Crippen molar-refractivity contribution in [3.05, 3.63) is 66.2 Å². The van der Waals surface area contributed by atoms with Gasteiger partial charge in [0, 0.05) is 18.3 Å². The maximum atomic E-state index is 6.65. The van der Waals surface area contributed by atoms with E-state index in [4.69, 9.17) is 11.6 Å². The molecule has 0 aliphatic heterocycles. The fourth-order valence-electron chi connectivity index (χ4n) is 3.22. The van der Waals surface area contributed by atoms with Gasteiger partial charge >= 0.3 is 0 Å². The fraction of sp³-hybridized carbons (Fsp3) is 0.368. The van der Waals surface area contributed by atoms with Crippen LogP contribution in [-0.2, 0) is 6.54 Å². The van der Waals surface area contributed by atoms with Gasteiger partial charge in [0.2, 0.25) is 0 Å². The molecule has 3 rings (SSSR count). The molecular weight excluding hydrogens is 278 g/mol. The van der Waals surface area contributed by atoms with Gasteiger partial charge in [0.05, 0.1) is 5.38 Å². The van der Waals surface area contributed by atoms with Crippen molar-refractivity contribution in [3.63, 3.8) is 0 Å². The molecule has 0 amide bonds. The van der Waals surface area contributed by atoms with Gasteiger partial charge in [0.1, 0.15) is 0 Å². The number of alkyl halides is 1. The molecule has 2 heteroatoms. The Morgan fingerprint density at radius 2 is 1.48 bits per heavy atom. The summed E-state index contributed by atoms with van der Waals surface area (Å²) in [5.41, 5.74) is 2.62. The van der Waals surface area contributed by atoms with Crippen LogP contribution in [0, 0.1) is 0 Å². The molecular formula is C19H22ClN. The summed E-state index contributed by atoms with van der Waals surface area (Å²) in [6.07, 6.45) is 4.87. The third kappa shape index (κ3) is 3.59. The molecule has 0 heterocycles. The molecule has 1 nitrogen and oxygen atoms in total. The second-order valence-corrected chi connectivity index (χ2v) is 6.38. The zero-order chi connectivity index (χ0) is 14.5. The summed E-state index contributed by atoms with van der Waals surface area (Å²) >= 11 is 6.65. The minimum absolute atomic E-state index is 0.252. The summed E-state index contributed by atoms with van der Waals surface area (Å²) in [6.45, 7) is 0.929. The topological polar surface area (TPSA) is 3.24 Å². The molecule has 0 aromatic heterocycles.